The predicted octanol–water partition coefficient (Wildman–Crippen LogP) is 3.17. The van der Waals surface area contributed by atoms with E-state index < -0.39 is 0 Å². The number of hydrogen-bond donors (Lipinski definition) is 1. The zero-order valence-corrected chi connectivity index (χ0v) is 14.3. The number of hydrogen-bond acceptors (Lipinski definition) is 3. The van der Waals surface area contributed by atoms with Crippen LogP contribution in [0.3, 0.4) is 0 Å². The topological polar surface area (TPSA) is 32.6 Å². The van der Waals surface area contributed by atoms with Gasteiger partial charge in [-0.2, -0.15) is 0 Å². The molecule has 0 spiro atoms. The van der Waals surface area contributed by atoms with Crippen LogP contribution >= 0.6 is 0 Å². The molecule has 4 nitrogen and oxygen atoms in total. The standard InChI is InChI=1S/C19H23FN4/c1-14-17(24-11-5-4-6-19(24)22-14)12-21-13-18(23(2)3)15-7-9-16(20)10-8-15/h4-11,18,21H,12-13H2,1-3H3. The Morgan fingerprint density at radius 1 is 1.17 bits per heavy atom. The highest BCUT2D eigenvalue weighted by Crippen LogP contribution is 2.18. The van der Waals surface area contributed by atoms with Crippen molar-refractivity contribution in [1.82, 2.24) is 19.6 Å². The molecule has 0 saturated carbocycles. The van der Waals surface area contributed by atoms with Crippen LogP contribution in [0.2, 0.25) is 0 Å². The van der Waals surface area contributed by atoms with E-state index in [1.54, 1.807) is 0 Å². The normalized spacial score (nSPS) is 12.9. The summed E-state index contributed by atoms with van der Waals surface area (Å²) in [6, 6.07) is 12.9. The van der Waals surface area contributed by atoms with E-state index >= 15 is 0 Å². The number of imidazole rings is 1. The lowest BCUT2D eigenvalue weighted by atomic mass is 10.1. The molecule has 5 heteroatoms. The van der Waals surface area contributed by atoms with Crippen molar-refractivity contribution < 1.29 is 4.39 Å². The molecule has 0 aliphatic heterocycles. The van der Waals surface area contributed by atoms with E-state index in [4.69, 9.17) is 0 Å². The molecule has 2 heterocycles. The lowest BCUT2D eigenvalue weighted by molar-refractivity contribution is 0.287. The van der Waals surface area contributed by atoms with Gasteiger partial charge in [-0.1, -0.05) is 18.2 Å². The zero-order valence-electron chi connectivity index (χ0n) is 14.3. The van der Waals surface area contributed by atoms with Crippen molar-refractivity contribution >= 4 is 5.65 Å². The zero-order chi connectivity index (χ0) is 17.1. The minimum absolute atomic E-state index is 0.185. The molecule has 1 aromatic carbocycles. The van der Waals surface area contributed by atoms with Crippen molar-refractivity contribution in [2.45, 2.75) is 19.5 Å². The average molecular weight is 326 g/mol. The van der Waals surface area contributed by atoms with Crippen molar-refractivity contribution in [3.05, 3.63) is 71.4 Å². The first-order chi connectivity index (χ1) is 11.6. The fourth-order valence-electron chi connectivity index (χ4n) is 2.99. The van der Waals surface area contributed by atoms with Gasteiger partial charge in [0.15, 0.2) is 0 Å². The van der Waals surface area contributed by atoms with Crippen LogP contribution in [0, 0.1) is 12.7 Å². The number of benzene rings is 1. The fraction of sp³-hybridized carbons (Fsp3) is 0.316. The van der Waals surface area contributed by atoms with Gasteiger partial charge in [-0.15, -0.1) is 0 Å². The first-order valence-electron chi connectivity index (χ1n) is 8.11. The summed E-state index contributed by atoms with van der Waals surface area (Å²) in [6.07, 6.45) is 2.04. The highest BCUT2D eigenvalue weighted by Gasteiger charge is 2.15. The Morgan fingerprint density at radius 3 is 2.62 bits per heavy atom. The van der Waals surface area contributed by atoms with Gasteiger partial charge in [0, 0.05) is 25.3 Å². The minimum atomic E-state index is -0.203. The predicted molar refractivity (Wildman–Crippen MR) is 94.5 cm³/mol. The van der Waals surface area contributed by atoms with Gasteiger partial charge in [-0.3, -0.25) is 0 Å². The van der Waals surface area contributed by atoms with Gasteiger partial charge < -0.3 is 14.6 Å². The molecule has 24 heavy (non-hydrogen) atoms. The number of fused-ring (bicyclic) bond motifs is 1. The Balaban J connectivity index is 1.71. The molecular formula is C19H23FN4. The molecule has 126 valence electrons. The van der Waals surface area contributed by atoms with E-state index in [-0.39, 0.29) is 11.9 Å². The molecule has 0 aliphatic rings. The Hall–Kier alpha value is -2.24. The van der Waals surface area contributed by atoms with Gasteiger partial charge in [0.1, 0.15) is 11.5 Å². The number of aromatic nitrogens is 2. The number of halogens is 1. The van der Waals surface area contributed by atoms with Crippen LogP contribution in [0.25, 0.3) is 5.65 Å². The fourth-order valence-corrected chi connectivity index (χ4v) is 2.99. The third-order valence-electron chi connectivity index (χ3n) is 4.34. The largest absolute Gasteiger partial charge is 0.309 e. The second kappa shape index (κ2) is 7.11. The van der Waals surface area contributed by atoms with E-state index in [0.717, 1.165) is 30.0 Å². The molecule has 0 radical (unpaired) electrons. The van der Waals surface area contributed by atoms with E-state index in [0.29, 0.717) is 0 Å². The van der Waals surface area contributed by atoms with Crippen LogP contribution in [0.4, 0.5) is 4.39 Å². The smallest absolute Gasteiger partial charge is 0.137 e. The number of nitrogens with one attached hydrogen (secondary N) is 1. The molecule has 0 fully saturated rings. The number of aryl methyl sites for hydroxylation is 1. The monoisotopic (exact) mass is 326 g/mol. The van der Waals surface area contributed by atoms with Gasteiger partial charge in [0.25, 0.3) is 0 Å². The van der Waals surface area contributed by atoms with Crippen LogP contribution in [0.5, 0.6) is 0 Å². The van der Waals surface area contributed by atoms with E-state index in [1.807, 2.05) is 57.5 Å². The lowest BCUT2D eigenvalue weighted by Gasteiger charge is -2.25. The third kappa shape index (κ3) is 3.47. The molecule has 0 bridgehead atoms. The molecule has 0 aliphatic carbocycles. The summed E-state index contributed by atoms with van der Waals surface area (Å²) >= 11 is 0. The highest BCUT2D eigenvalue weighted by molar-refractivity contribution is 5.42. The van der Waals surface area contributed by atoms with E-state index in [9.17, 15) is 4.39 Å². The van der Waals surface area contributed by atoms with Crippen molar-refractivity contribution in [3.8, 4) is 0 Å². The summed E-state index contributed by atoms with van der Waals surface area (Å²) in [5.74, 6) is -0.203. The molecular weight excluding hydrogens is 303 g/mol. The number of likely N-dealkylation sites (N-methyl/N-ethyl adjacent to an activating group) is 1. The Bertz CT molecular complexity index is 808. The summed E-state index contributed by atoms with van der Waals surface area (Å²) < 4.78 is 15.3. The average Bonchev–Trinajstić information content (AvgIpc) is 2.88. The van der Waals surface area contributed by atoms with Gasteiger partial charge in [-0.25, -0.2) is 9.37 Å². The number of pyridine rings is 1. The number of nitrogens with zero attached hydrogens (tertiary/aromatic N) is 3. The van der Waals surface area contributed by atoms with Crippen LogP contribution in [-0.2, 0) is 6.54 Å². The molecule has 1 unspecified atom stereocenters. The van der Waals surface area contributed by atoms with E-state index in [2.05, 4.69) is 19.6 Å². The molecule has 1 atom stereocenters. The summed E-state index contributed by atoms with van der Waals surface area (Å²) in [5.41, 5.74) is 4.28. The van der Waals surface area contributed by atoms with Crippen LogP contribution in [0.1, 0.15) is 23.0 Å². The molecule has 2 aromatic heterocycles. The summed E-state index contributed by atoms with van der Waals surface area (Å²) in [7, 11) is 4.07. The van der Waals surface area contributed by atoms with Crippen molar-refractivity contribution in [3.63, 3.8) is 0 Å². The maximum absolute atomic E-state index is 13.1. The van der Waals surface area contributed by atoms with Crippen molar-refractivity contribution in [2.75, 3.05) is 20.6 Å². The molecule has 3 rings (SSSR count). The van der Waals surface area contributed by atoms with Gasteiger partial charge in [-0.05, 0) is 50.8 Å². The van der Waals surface area contributed by atoms with Gasteiger partial charge >= 0.3 is 0 Å². The summed E-state index contributed by atoms with van der Waals surface area (Å²) in [6.45, 7) is 3.55. The van der Waals surface area contributed by atoms with Gasteiger partial charge in [0.05, 0.1) is 11.4 Å². The minimum Gasteiger partial charge on any atom is -0.309 e. The van der Waals surface area contributed by atoms with Crippen LogP contribution < -0.4 is 5.32 Å². The Morgan fingerprint density at radius 2 is 1.92 bits per heavy atom. The first-order valence-corrected chi connectivity index (χ1v) is 8.11. The second-order valence-corrected chi connectivity index (χ2v) is 6.23. The molecule has 1 N–H and O–H groups in total. The second-order valence-electron chi connectivity index (χ2n) is 6.23. The van der Waals surface area contributed by atoms with Crippen LogP contribution in [0.15, 0.2) is 48.7 Å². The highest BCUT2D eigenvalue weighted by atomic mass is 19.1. The number of rotatable bonds is 6. The maximum Gasteiger partial charge on any atom is 0.137 e. The summed E-state index contributed by atoms with van der Waals surface area (Å²) in [5, 5.41) is 3.52. The summed E-state index contributed by atoms with van der Waals surface area (Å²) in [4.78, 5) is 6.73. The Labute approximate surface area is 141 Å². The maximum atomic E-state index is 13.1. The molecule has 3 aromatic rings. The quantitative estimate of drug-likeness (QED) is 0.755. The van der Waals surface area contributed by atoms with Crippen molar-refractivity contribution in [1.29, 1.82) is 0 Å². The molecule has 0 saturated heterocycles. The molecule has 0 amide bonds. The van der Waals surface area contributed by atoms with Gasteiger partial charge in [0.2, 0.25) is 0 Å². The van der Waals surface area contributed by atoms with Crippen LogP contribution in [-0.4, -0.2) is 34.9 Å². The third-order valence-corrected chi connectivity index (χ3v) is 4.34. The van der Waals surface area contributed by atoms with E-state index in [1.165, 1.54) is 17.8 Å². The lowest BCUT2D eigenvalue weighted by Crippen LogP contribution is -2.31. The SMILES string of the molecule is Cc1nc2ccccn2c1CNCC(c1ccc(F)cc1)N(C)C. The first kappa shape index (κ1) is 16.6. The Kier molecular flexibility index (Phi) is 4.92. The van der Waals surface area contributed by atoms with Crippen molar-refractivity contribution in [2.24, 2.45) is 0 Å².